The molecule has 1 aromatic rings. The Morgan fingerprint density at radius 2 is 2.11 bits per heavy atom. The van der Waals surface area contributed by atoms with Crippen molar-refractivity contribution in [3.63, 3.8) is 0 Å². The van der Waals surface area contributed by atoms with Gasteiger partial charge in [0.15, 0.2) is 0 Å². The fourth-order valence-corrected chi connectivity index (χ4v) is 2.29. The van der Waals surface area contributed by atoms with Gasteiger partial charge in [-0.1, -0.05) is 26.8 Å². The maximum atomic E-state index is 5.80. The summed E-state index contributed by atoms with van der Waals surface area (Å²) < 4.78 is 11.3. The van der Waals surface area contributed by atoms with Crippen LogP contribution >= 0.6 is 0 Å². The normalized spacial score (nSPS) is 20.8. The highest BCUT2D eigenvalue weighted by molar-refractivity contribution is 5.42. The quantitative estimate of drug-likeness (QED) is 0.874. The molecule has 3 nitrogen and oxygen atoms in total. The number of hydrogen-bond acceptors (Lipinski definition) is 3. The second-order valence-electron chi connectivity index (χ2n) is 5.77. The number of methoxy groups -OCH3 is 1. The molecular weight excluding hydrogens is 226 g/mol. The molecule has 1 aliphatic heterocycles. The fraction of sp³-hybridized carbons (Fsp3) is 0.600. The third kappa shape index (κ3) is 2.85. The lowest BCUT2D eigenvalue weighted by Gasteiger charge is -2.27. The maximum absolute atomic E-state index is 5.80. The van der Waals surface area contributed by atoms with Crippen LogP contribution in [0.5, 0.6) is 5.75 Å². The molecule has 0 aromatic heterocycles. The van der Waals surface area contributed by atoms with E-state index < -0.39 is 0 Å². The van der Waals surface area contributed by atoms with Crippen molar-refractivity contribution < 1.29 is 9.47 Å². The summed E-state index contributed by atoms with van der Waals surface area (Å²) in [6, 6.07) is 6.37. The predicted octanol–water partition coefficient (Wildman–Crippen LogP) is 2.65. The highest BCUT2D eigenvalue weighted by Crippen LogP contribution is 2.34. The third-order valence-corrected chi connectivity index (χ3v) is 3.33. The standard InChI is InChI=1S/C15H23NO2/c1-15(2,3)12-9-11(5-6-13(12)17-4)14-10-16-7-8-18-14/h5-6,9,14,16H,7-8,10H2,1-4H3. The molecule has 100 valence electrons. The van der Waals surface area contributed by atoms with Crippen molar-refractivity contribution >= 4 is 0 Å². The molecule has 0 bridgehead atoms. The van der Waals surface area contributed by atoms with Crippen molar-refractivity contribution in [1.82, 2.24) is 5.32 Å². The zero-order valence-corrected chi connectivity index (χ0v) is 11.7. The Bertz CT molecular complexity index is 403. The minimum absolute atomic E-state index is 0.0729. The smallest absolute Gasteiger partial charge is 0.122 e. The average molecular weight is 249 g/mol. The van der Waals surface area contributed by atoms with Gasteiger partial charge in [0.1, 0.15) is 5.75 Å². The third-order valence-electron chi connectivity index (χ3n) is 3.33. The number of morpholine rings is 1. The molecule has 18 heavy (non-hydrogen) atoms. The summed E-state index contributed by atoms with van der Waals surface area (Å²) in [5.74, 6) is 0.954. The van der Waals surface area contributed by atoms with Crippen molar-refractivity contribution in [3.05, 3.63) is 29.3 Å². The lowest BCUT2D eigenvalue weighted by Crippen LogP contribution is -2.33. The molecule has 1 saturated heterocycles. The van der Waals surface area contributed by atoms with Crippen LogP contribution in [0, 0.1) is 0 Å². The first-order valence-corrected chi connectivity index (χ1v) is 6.53. The van der Waals surface area contributed by atoms with E-state index in [1.165, 1.54) is 11.1 Å². The molecule has 2 rings (SSSR count). The van der Waals surface area contributed by atoms with E-state index >= 15 is 0 Å². The highest BCUT2D eigenvalue weighted by atomic mass is 16.5. The minimum Gasteiger partial charge on any atom is -0.496 e. The van der Waals surface area contributed by atoms with Crippen LogP contribution < -0.4 is 10.1 Å². The van der Waals surface area contributed by atoms with E-state index in [0.717, 1.165) is 25.4 Å². The van der Waals surface area contributed by atoms with Gasteiger partial charge in [0.05, 0.1) is 19.8 Å². The maximum Gasteiger partial charge on any atom is 0.122 e. The monoisotopic (exact) mass is 249 g/mol. The van der Waals surface area contributed by atoms with Crippen LogP contribution in [0.25, 0.3) is 0 Å². The first kappa shape index (κ1) is 13.4. The molecule has 1 heterocycles. The van der Waals surface area contributed by atoms with Crippen LogP contribution in [0.15, 0.2) is 18.2 Å². The Morgan fingerprint density at radius 1 is 1.33 bits per heavy atom. The Labute approximate surface area is 109 Å². The van der Waals surface area contributed by atoms with Gasteiger partial charge in [-0.25, -0.2) is 0 Å². The van der Waals surface area contributed by atoms with Crippen molar-refractivity contribution in [2.45, 2.75) is 32.3 Å². The van der Waals surface area contributed by atoms with Gasteiger partial charge in [-0.3, -0.25) is 0 Å². The topological polar surface area (TPSA) is 30.5 Å². The molecule has 1 aromatic carbocycles. The lowest BCUT2D eigenvalue weighted by atomic mass is 9.84. The van der Waals surface area contributed by atoms with Gasteiger partial charge in [-0.05, 0) is 28.7 Å². The summed E-state index contributed by atoms with van der Waals surface area (Å²) >= 11 is 0. The van der Waals surface area contributed by atoms with E-state index in [1.807, 2.05) is 6.07 Å². The van der Waals surface area contributed by atoms with Crippen LogP contribution in [-0.2, 0) is 10.2 Å². The van der Waals surface area contributed by atoms with E-state index in [1.54, 1.807) is 7.11 Å². The zero-order chi connectivity index (χ0) is 13.2. The number of nitrogens with one attached hydrogen (secondary N) is 1. The SMILES string of the molecule is COc1ccc(C2CNCCO2)cc1C(C)(C)C. The summed E-state index contributed by atoms with van der Waals surface area (Å²) in [4.78, 5) is 0. The lowest BCUT2D eigenvalue weighted by molar-refractivity contribution is 0.0276. The van der Waals surface area contributed by atoms with E-state index in [2.05, 4.69) is 38.2 Å². The molecule has 3 heteroatoms. The highest BCUT2D eigenvalue weighted by Gasteiger charge is 2.22. The molecule has 1 atom stereocenters. The molecule has 0 aliphatic carbocycles. The largest absolute Gasteiger partial charge is 0.496 e. The van der Waals surface area contributed by atoms with E-state index in [0.29, 0.717) is 0 Å². The molecule has 1 unspecified atom stereocenters. The second kappa shape index (κ2) is 5.29. The summed E-state index contributed by atoms with van der Waals surface area (Å²) in [5, 5.41) is 3.36. The van der Waals surface area contributed by atoms with Crippen LogP contribution in [-0.4, -0.2) is 26.8 Å². The van der Waals surface area contributed by atoms with E-state index in [9.17, 15) is 0 Å². The van der Waals surface area contributed by atoms with Crippen LogP contribution in [0.4, 0.5) is 0 Å². The van der Waals surface area contributed by atoms with Crippen molar-refractivity contribution in [3.8, 4) is 5.75 Å². The molecule has 1 aliphatic rings. The van der Waals surface area contributed by atoms with Gasteiger partial charge in [-0.15, -0.1) is 0 Å². The predicted molar refractivity (Wildman–Crippen MR) is 73.3 cm³/mol. The molecule has 0 spiro atoms. The average Bonchev–Trinajstić information content (AvgIpc) is 2.38. The Hall–Kier alpha value is -1.06. The van der Waals surface area contributed by atoms with Crippen LogP contribution in [0.3, 0.4) is 0 Å². The van der Waals surface area contributed by atoms with E-state index in [-0.39, 0.29) is 11.5 Å². The van der Waals surface area contributed by atoms with Gasteiger partial charge in [0, 0.05) is 13.1 Å². The minimum atomic E-state index is 0.0729. The summed E-state index contributed by atoms with van der Waals surface area (Å²) in [5.41, 5.74) is 2.54. The zero-order valence-electron chi connectivity index (χ0n) is 11.7. The molecule has 0 radical (unpaired) electrons. The van der Waals surface area contributed by atoms with Crippen LogP contribution in [0.1, 0.15) is 38.0 Å². The Morgan fingerprint density at radius 3 is 2.67 bits per heavy atom. The van der Waals surface area contributed by atoms with Gasteiger partial charge in [0.2, 0.25) is 0 Å². The van der Waals surface area contributed by atoms with Gasteiger partial charge < -0.3 is 14.8 Å². The van der Waals surface area contributed by atoms with Crippen LogP contribution in [0.2, 0.25) is 0 Å². The summed E-state index contributed by atoms with van der Waals surface area (Å²) in [6.45, 7) is 9.22. The fourth-order valence-electron chi connectivity index (χ4n) is 2.29. The first-order chi connectivity index (χ1) is 8.52. The summed E-state index contributed by atoms with van der Waals surface area (Å²) in [6.07, 6.45) is 0.158. The van der Waals surface area contributed by atoms with E-state index in [4.69, 9.17) is 9.47 Å². The molecule has 1 fully saturated rings. The number of rotatable bonds is 2. The number of hydrogen-bond donors (Lipinski definition) is 1. The van der Waals surface area contributed by atoms with Crippen molar-refractivity contribution in [2.75, 3.05) is 26.8 Å². The van der Waals surface area contributed by atoms with Crippen molar-refractivity contribution in [1.29, 1.82) is 0 Å². The van der Waals surface area contributed by atoms with Gasteiger partial charge in [0.25, 0.3) is 0 Å². The second-order valence-corrected chi connectivity index (χ2v) is 5.77. The molecule has 0 saturated carbocycles. The molecule has 1 N–H and O–H groups in total. The van der Waals surface area contributed by atoms with Crippen molar-refractivity contribution in [2.24, 2.45) is 0 Å². The van der Waals surface area contributed by atoms with Gasteiger partial charge in [-0.2, -0.15) is 0 Å². The first-order valence-electron chi connectivity index (χ1n) is 6.53. The Kier molecular flexibility index (Phi) is 3.93. The Balaban J connectivity index is 2.33. The number of ether oxygens (including phenoxy) is 2. The number of benzene rings is 1. The molecular formula is C15H23NO2. The van der Waals surface area contributed by atoms with Gasteiger partial charge >= 0.3 is 0 Å². The summed E-state index contributed by atoms with van der Waals surface area (Å²) in [7, 11) is 1.73. The molecule has 0 amide bonds.